The first-order valence-corrected chi connectivity index (χ1v) is 10.2. The van der Waals surface area contributed by atoms with Crippen LogP contribution in [0.3, 0.4) is 0 Å². The highest BCUT2D eigenvalue weighted by molar-refractivity contribution is 5.77. The van der Waals surface area contributed by atoms with Gasteiger partial charge in [0, 0.05) is 0 Å². The average Bonchev–Trinajstić information content (AvgIpc) is 3.44. The van der Waals surface area contributed by atoms with Gasteiger partial charge in [0.25, 0.3) is 0 Å². The minimum atomic E-state index is -0.343. The Balaban J connectivity index is 1.51. The Hall–Kier alpha value is -0.610. The lowest BCUT2D eigenvalue weighted by Gasteiger charge is -2.59. The predicted octanol–water partition coefficient (Wildman–Crippen LogP) is 3.72. The van der Waals surface area contributed by atoms with Gasteiger partial charge in [-0.3, -0.25) is 4.79 Å². The van der Waals surface area contributed by atoms with E-state index in [9.17, 15) is 4.79 Å². The maximum atomic E-state index is 12.7. The van der Waals surface area contributed by atoms with E-state index in [1.54, 1.807) is 7.11 Å². The number of hydrogen-bond acceptors (Lipinski definition) is 4. The molecule has 0 bridgehead atoms. The van der Waals surface area contributed by atoms with Gasteiger partial charge in [-0.2, -0.15) is 0 Å². The van der Waals surface area contributed by atoms with Gasteiger partial charge in [-0.05, 0) is 62.2 Å². The largest absolute Gasteiger partial charge is 0.469 e. The van der Waals surface area contributed by atoms with Gasteiger partial charge in [-0.15, -0.1) is 0 Å². The summed E-state index contributed by atoms with van der Waals surface area (Å²) in [4.78, 5) is 12.7. The van der Waals surface area contributed by atoms with E-state index >= 15 is 0 Å². The van der Waals surface area contributed by atoms with Crippen LogP contribution in [0.2, 0.25) is 0 Å². The normalized spacial score (nSPS) is 58.5. The summed E-state index contributed by atoms with van der Waals surface area (Å²) in [7, 11) is 1.54. The van der Waals surface area contributed by atoms with E-state index in [1.165, 1.54) is 6.42 Å². The molecule has 2 saturated heterocycles. The number of carbonyl (C=O) groups excluding carboxylic acids is 1. The number of ether oxygens (including phenoxy) is 3. The maximum Gasteiger partial charge on any atom is 0.311 e. The molecule has 0 aromatic heterocycles. The van der Waals surface area contributed by atoms with Gasteiger partial charge in [0.1, 0.15) is 17.3 Å². The van der Waals surface area contributed by atoms with E-state index in [4.69, 9.17) is 14.2 Å². The molecule has 0 aromatic rings. The smallest absolute Gasteiger partial charge is 0.311 e. The van der Waals surface area contributed by atoms with Crippen molar-refractivity contribution in [1.82, 2.24) is 0 Å². The van der Waals surface area contributed by atoms with Crippen LogP contribution < -0.4 is 0 Å². The fourth-order valence-electron chi connectivity index (χ4n) is 7.84. The predicted molar refractivity (Wildman–Crippen MR) is 93.0 cm³/mol. The van der Waals surface area contributed by atoms with Crippen LogP contribution >= 0.6 is 0 Å². The molecule has 5 fully saturated rings. The molecular formula is C21H32O4. The van der Waals surface area contributed by atoms with Gasteiger partial charge < -0.3 is 14.2 Å². The number of carbonyl (C=O) groups is 1. The summed E-state index contributed by atoms with van der Waals surface area (Å²) in [6, 6.07) is 0. The molecule has 4 nitrogen and oxygen atoms in total. The zero-order valence-electron chi connectivity index (χ0n) is 16.3. The monoisotopic (exact) mass is 348 g/mol. The minimum Gasteiger partial charge on any atom is -0.469 e. The zero-order valence-corrected chi connectivity index (χ0v) is 16.3. The first kappa shape index (κ1) is 16.6. The van der Waals surface area contributed by atoms with Crippen molar-refractivity contribution in [3.05, 3.63) is 0 Å². The number of esters is 1. The van der Waals surface area contributed by atoms with E-state index in [2.05, 4.69) is 27.7 Å². The van der Waals surface area contributed by atoms with Crippen molar-refractivity contribution in [3.8, 4) is 0 Å². The average molecular weight is 348 g/mol. The summed E-state index contributed by atoms with van der Waals surface area (Å²) in [5, 5.41) is 0. The van der Waals surface area contributed by atoms with Crippen molar-refractivity contribution in [1.29, 1.82) is 0 Å². The standard InChI is InChI=1S/C21H32O4/c1-12(2)21-15(24-21)11-14-18(3)8-6-9-19(4,17(22)23-5)13(18)7-10-20(14)16(21)25-20/h12-16H,6-11H2,1-5H3/t13-,14-,15-,16+,18-,19-,20+,21-/m1/s1. The van der Waals surface area contributed by atoms with Gasteiger partial charge in [-0.25, -0.2) is 0 Å². The highest BCUT2D eigenvalue weighted by Crippen LogP contribution is 2.76. The molecule has 25 heavy (non-hydrogen) atoms. The topological polar surface area (TPSA) is 51.4 Å². The summed E-state index contributed by atoms with van der Waals surface area (Å²) in [5.41, 5.74) is -0.176. The number of methoxy groups -OCH3 is 1. The number of hydrogen-bond donors (Lipinski definition) is 0. The van der Waals surface area contributed by atoms with E-state index in [0.717, 1.165) is 32.1 Å². The second kappa shape index (κ2) is 4.62. The molecule has 2 aliphatic heterocycles. The molecule has 0 radical (unpaired) electrons. The van der Waals surface area contributed by atoms with Crippen molar-refractivity contribution < 1.29 is 19.0 Å². The summed E-state index contributed by atoms with van der Waals surface area (Å²) in [6.45, 7) is 9.14. The van der Waals surface area contributed by atoms with Gasteiger partial charge in [0.05, 0.1) is 18.6 Å². The summed E-state index contributed by atoms with van der Waals surface area (Å²) in [5.74, 6) is 1.42. The SMILES string of the molecule is COC(=O)[C@]1(C)CCC[C@@]2(C)[C@H]3C[C@H]4O[C@@]4(C(C)C)[C@H]4O[C@@]34CC[C@H]21. The van der Waals surface area contributed by atoms with Crippen LogP contribution in [0.25, 0.3) is 0 Å². The number of epoxide rings is 2. The second-order valence-corrected chi connectivity index (χ2v) is 10.2. The molecule has 3 aliphatic carbocycles. The first-order chi connectivity index (χ1) is 11.8. The van der Waals surface area contributed by atoms with E-state index in [1.807, 2.05) is 0 Å². The molecule has 3 saturated carbocycles. The first-order valence-electron chi connectivity index (χ1n) is 10.2. The van der Waals surface area contributed by atoms with Crippen LogP contribution in [-0.4, -0.2) is 36.5 Å². The molecule has 2 heterocycles. The van der Waals surface area contributed by atoms with Crippen LogP contribution in [0.4, 0.5) is 0 Å². The Bertz CT molecular complexity index is 631. The molecule has 0 aromatic carbocycles. The quantitative estimate of drug-likeness (QED) is 0.564. The molecule has 8 atom stereocenters. The highest BCUT2D eigenvalue weighted by Gasteiger charge is 2.85. The van der Waals surface area contributed by atoms with Crippen LogP contribution in [0.5, 0.6) is 0 Å². The van der Waals surface area contributed by atoms with E-state index in [0.29, 0.717) is 23.9 Å². The highest BCUT2D eigenvalue weighted by atomic mass is 16.7. The van der Waals surface area contributed by atoms with Crippen molar-refractivity contribution >= 4 is 5.97 Å². The minimum absolute atomic E-state index is 0.0114. The maximum absolute atomic E-state index is 12.7. The molecule has 1 spiro atoms. The summed E-state index contributed by atoms with van der Waals surface area (Å²) < 4.78 is 18.1. The van der Waals surface area contributed by atoms with Crippen LogP contribution in [-0.2, 0) is 19.0 Å². The third-order valence-corrected chi connectivity index (χ3v) is 9.12. The lowest BCUT2D eigenvalue weighted by atomic mass is 9.43. The van der Waals surface area contributed by atoms with Crippen molar-refractivity contribution in [2.24, 2.45) is 28.6 Å². The third-order valence-electron chi connectivity index (χ3n) is 9.12. The Morgan fingerprint density at radius 2 is 1.88 bits per heavy atom. The van der Waals surface area contributed by atoms with Crippen LogP contribution in [0.1, 0.15) is 66.2 Å². The van der Waals surface area contributed by atoms with Crippen LogP contribution in [0.15, 0.2) is 0 Å². The number of rotatable bonds is 2. The van der Waals surface area contributed by atoms with E-state index in [-0.39, 0.29) is 34.1 Å². The summed E-state index contributed by atoms with van der Waals surface area (Å²) in [6.07, 6.45) is 7.19. The van der Waals surface area contributed by atoms with Gasteiger partial charge in [0.15, 0.2) is 0 Å². The van der Waals surface area contributed by atoms with Gasteiger partial charge in [0.2, 0.25) is 0 Å². The third kappa shape index (κ3) is 1.70. The van der Waals surface area contributed by atoms with Crippen molar-refractivity contribution in [2.45, 2.75) is 89.6 Å². The molecule has 140 valence electrons. The Morgan fingerprint density at radius 3 is 2.56 bits per heavy atom. The fraction of sp³-hybridized carbons (Fsp3) is 0.952. The van der Waals surface area contributed by atoms with Crippen LogP contribution in [0, 0.1) is 28.6 Å². The number of fused-ring (bicyclic) bond motifs is 4. The second-order valence-electron chi connectivity index (χ2n) is 10.2. The molecule has 0 N–H and O–H groups in total. The van der Waals surface area contributed by atoms with Crippen molar-refractivity contribution in [2.75, 3.05) is 7.11 Å². The Labute approximate surface area is 151 Å². The molecule has 5 rings (SSSR count). The van der Waals surface area contributed by atoms with E-state index < -0.39 is 0 Å². The lowest BCUT2D eigenvalue weighted by Crippen LogP contribution is -2.60. The lowest BCUT2D eigenvalue weighted by molar-refractivity contribution is -0.175. The Kier molecular flexibility index (Phi) is 3.06. The molecule has 0 amide bonds. The van der Waals surface area contributed by atoms with Gasteiger partial charge in [-0.1, -0.05) is 27.2 Å². The molecule has 5 aliphatic rings. The Morgan fingerprint density at radius 1 is 1.12 bits per heavy atom. The van der Waals surface area contributed by atoms with Crippen molar-refractivity contribution in [3.63, 3.8) is 0 Å². The molecular weight excluding hydrogens is 316 g/mol. The van der Waals surface area contributed by atoms with Gasteiger partial charge >= 0.3 is 5.97 Å². The fourth-order valence-corrected chi connectivity index (χ4v) is 7.84. The zero-order chi connectivity index (χ0) is 17.8. The molecule has 4 heteroatoms. The molecule has 0 unspecified atom stereocenters. The summed E-state index contributed by atoms with van der Waals surface area (Å²) >= 11 is 0.